The van der Waals surface area contributed by atoms with Gasteiger partial charge in [0.05, 0.1) is 28.6 Å². The van der Waals surface area contributed by atoms with Gasteiger partial charge in [0.15, 0.2) is 11.4 Å². The Morgan fingerprint density at radius 1 is 0.639 bits per heavy atom. The number of nitrogens with zero attached hydrogens (tertiary/aromatic N) is 2. The van der Waals surface area contributed by atoms with Crippen LogP contribution in [0.2, 0.25) is 0 Å². The molecule has 0 unspecified atom stereocenters. The third-order valence-corrected chi connectivity index (χ3v) is 7.10. The van der Waals surface area contributed by atoms with Crippen molar-refractivity contribution < 1.29 is 33.9 Å². The van der Waals surface area contributed by atoms with Gasteiger partial charge in [-0.1, -0.05) is 69.7 Å². The van der Waals surface area contributed by atoms with Crippen molar-refractivity contribution in [1.82, 2.24) is 0 Å². The van der Waals surface area contributed by atoms with Gasteiger partial charge in [-0.15, -0.1) is 9.13 Å². The fourth-order valence-corrected chi connectivity index (χ4v) is 5.43. The molecule has 194 valence electrons. The molecule has 4 N–H and O–H groups in total. The SMILES string of the molecule is CCCCCCCCCC([n+]1c(C)cc(N)c2ccccc21)[n+]1c(C)cc(N)c2ccccc21.[Cl-].[Cl-]. The number of halogens is 2. The maximum Gasteiger partial charge on any atom is 0.353 e. The summed E-state index contributed by atoms with van der Waals surface area (Å²) in [6.45, 7) is 6.63. The van der Waals surface area contributed by atoms with E-state index in [9.17, 15) is 0 Å². The molecule has 0 spiro atoms. The quantitative estimate of drug-likeness (QED) is 0.234. The number of anilines is 2. The third-order valence-electron chi connectivity index (χ3n) is 7.10. The monoisotopic (exact) mass is 526 g/mol. The number of aryl methyl sites for hydroxylation is 2. The molecule has 0 atom stereocenters. The molecule has 0 aliphatic rings. The number of benzene rings is 2. The van der Waals surface area contributed by atoms with Crippen molar-refractivity contribution in [3.63, 3.8) is 0 Å². The zero-order valence-electron chi connectivity index (χ0n) is 21.8. The first kappa shape index (κ1) is 29.7. The Morgan fingerprint density at radius 2 is 1.06 bits per heavy atom. The number of unbranched alkanes of at least 4 members (excludes halogenated alkanes) is 6. The molecular formula is C30H40Cl2N4. The van der Waals surface area contributed by atoms with Crippen molar-refractivity contribution in [2.24, 2.45) is 0 Å². The average molecular weight is 528 g/mol. The van der Waals surface area contributed by atoms with Crippen molar-refractivity contribution in [1.29, 1.82) is 0 Å². The number of para-hydroxylation sites is 2. The van der Waals surface area contributed by atoms with Crippen LogP contribution in [0.15, 0.2) is 60.7 Å². The molecule has 2 aromatic carbocycles. The summed E-state index contributed by atoms with van der Waals surface area (Å²) < 4.78 is 4.97. The number of nitrogens with two attached hydrogens (primary N) is 2. The van der Waals surface area contributed by atoms with E-state index in [0.29, 0.717) is 0 Å². The number of hydrogen-bond donors (Lipinski definition) is 2. The van der Waals surface area contributed by atoms with E-state index >= 15 is 0 Å². The average Bonchev–Trinajstić information content (AvgIpc) is 2.83. The maximum atomic E-state index is 6.45. The van der Waals surface area contributed by atoms with E-state index in [1.54, 1.807) is 0 Å². The standard InChI is InChI=1S/C30H38N4.2ClH/c1-4-5-6-7-8-9-10-19-30(33-22(2)20-26(31)24-15-11-13-17-28(24)33)34-23(3)21-27(32)25-16-12-14-18-29(25)34;;/h11-18,20-21,30-32H,4-10,19H2,1-3H3;2*1H. The Labute approximate surface area is 228 Å². The van der Waals surface area contributed by atoms with Crippen molar-refractivity contribution in [3.8, 4) is 0 Å². The zero-order valence-corrected chi connectivity index (χ0v) is 23.3. The van der Waals surface area contributed by atoms with Gasteiger partial charge in [-0.3, -0.25) is 0 Å². The lowest BCUT2D eigenvalue weighted by Gasteiger charge is -2.17. The van der Waals surface area contributed by atoms with E-state index in [2.05, 4.69) is 90.6 Å². The maximum absolute atomic E-state index is 6.45. The van der Waals surface area contributed by atoms with Crippen molar-refractivity contribution >= 4 is 33.2 Å². The number of rotatable bonds is 10. The van der Waals surface area contributed by atoms with E-state index < -0.39 is 0 Å². The zero-order chi connectivity index (χ0) is 24.1. The number of pyridine rings is 2. The topological polar surface area (TPSA) is 59.8 Å². The first-order valence-corrected chi connectivity index (χ1v) is 12.9. The highest BCUT2D eigenvalue weighted by atomic mass is 35.5. The Balaban J connectivity index is 0.00000228. The van der Waals surface area contributed by atoms with Crippen LogP contribution in [0, 0.1) is 13.8 Å². The molecule has 2 aromatic heterocycles. The Bertz CT molecular complexity index is 1200. The minimum Gasteiger partial charge on any atom is -1.00 e. The van der Waals surface area contributed by atoms with Crippen molar-refractivity contribution in [3.05, 3.63) is 72.1 Å². The smallest absolute Gasteiger partial charge is 0.353 e. The lowest BCUT2D eigenvalue weighted by atomic mass is 10.0. The molecule has 6 heteroatoms. The normalized spacial score (nSPS) is 11.0. The van der Waals surface area contributed by atoms with E-state index in [4.69, 9.17) is 11.5 Å². The highest BCUT2D eigenvalue weighted by Crippen LogP contribution is 2.25. The molecule has 0 saturated heterocycles. The number of aromatic nitrogens is 2. The Hall–Kier alpha value is -2.56. The van der Waals surface area contributed by atoms with Gasteiger partial charge in [0.25, 0.3) is 0 Å². The molecule has 36 heavy (non-hydrogen) atoms. The molecule has 0 radical (unpaired) electrons. The first-order chi connectivity index (χ1) is 16.5. The van der Waals surface area contributed by atoms with Gasteiger partial charge < -0.3 is 36.3 Å². The van der Waals surface area contributed by atoms with Gasteiger partial charge in [-0.25, -0.2) is 0 Å². The molecule has 4 rings (SSSR count). The third kappa shape index (κ3) is 6.22. The molecule has 0 amide bonds. The predicted octanol–water partition coefficient (Wildman–Crippen LogP) is 0.545. The van der Waals surface area contributed by atoms with Crippen LogP contribution in [0.4, 0.5) is 11.4 Å². The lowest BCUT2D eigenvalue weighted by molar-refractivity contribution is -0.928. The van der Waals surface area contributed by atoms with Crippen LogP contribution < -0.4 is 45.4 Å². The summed E-state index contributed by atoms with van der Waals surface area (Å²) in [5.41, 5.74) is 19.3. The highest BCUT2D eigenvalue weighted by molar-refractivity contribution is 5.88. The molecular weight excluding hydrogens is 487 g/mol. The lowest BCUT2D eigenvalue weighted by Crippen LogP contribution is -3.00. The first-order valence-electron chi connectivity index (χ1n) is 12.9. The fourth-order valence-electron chi connectivity index (χ4n) is 5.43. The minimum atomic E-state index is 0. The second kappa shape index (κ2) is 13.7. The minimum absolute atomic E-state index is 0. The van der Waals surface area contributed by atoms with Crippen molar-refractivity contribution in [2.45, 2.75) is 78.3 Å². The number of nitrogen functional groups attached to an aromatic ring is 2. The highest BCUT2D eigenvalue weighted by Gasteiger charge is 2.35. The van der Waals surface area contributed by atoms with Crippen LogP contribution in [0.1, 0.15) is 75.8 Å². The molecule has 0 bridgehead atoms. The molecule has 0 saturated carbocycles. The molecule has 2 heterocycles. The van der Waals surface area contributed by atoms with Gasteiger partial charge in [0.2, 0.25) is 11.0 Å². The van der Waals surface area contributed by atoms with Crippen molar-refractivity contribution in [2.75, 3.05) is 11.5 Å². The van der Waals surface area contributed by atoms with Gasteiger partial charge >= 0.3 is 6.17 Å². The summed E-state index contributed by atoms with van der Waals surface area (Å²) in [5.74, 6) is 0. The van der Waals surface area contributed by atoms with Crippen LogP contribution in [-0.2, 0) is 0 Å². The molecule has 0 fully saturated rings. The number of hydrogen-bond acceptors (Lipinski definition) is 2. The van der Waals surface area contributed by atoms with E-state index in [1.165, 1.54) is 67.4 Å². The largest absolute Gasteiger partial charge is 1.00 e. The Morgan fingerprint density at radius 3 is 1.53 bits per heavy atom. The second-order valence-corrected chi connectivity index (χ2v) is 9.65. The molecule has 4 aromatic rings. The molecule has 0 aliphatic carbocycles. The van der Waals surface area contributed by atoms with E-state index in [-0.39, 0.29) is 31.0 Å². The predicted molar refractivity (Wildman–Crippen MR) is 144 cm³/mol. The summed E-state index contributed by atoms with van der Waals surface area (Å²) in [6, 6.07) is 21.3. The summed E-state index contributed by atoms with van der Waals surface area (Å²) in [7, 11) is 0. The van der Waals surface area contributed by atoms with E-state index in [0.717, 1.165) is 28.6 Å². The number of fused-ring (bicyclic) bond motifs is 2. The van der Waals surface area contributed by atoms with Crippen LogP contribution in [-0.4, -0.2) is 0 Å². The molecule has 0 aliphatic heterocycles. The van der Waals surface area contributed by atoms with Crippen LogP contribution in [0.5, 0.6) is 0 Å². The van der Waals surface area contributed by atoms with Crippen LogP contribution >= 0.6 is 0 Å². The summed E-state index contributed by atoms with van der Waals surface area (Å²) in [5, 5.41) is 2.21. The summed E-state index contributed by atoms with van der Waals surface area (Å²) in [6.07, 6.45) is 10.3. The molecule has 4 nitrogen and oxygen atoms in total. The van der Waals surface area contributed by atoms with Gasteiger partial charge in [-0.2, -0.15) is 0 Å². The second-order valence-electron chi connectivity index (χ2n) is 9.65. The summed E-state index contributed by atoms with van der Waals surface area (Å²) >= 11 is 0. The fraction of sp³-hybridized carbons (Fsp3) is 0.400. The Kier molecular flexibility index (Phi) is 11.3. The van der Waals surface area contributed by atoms with Crippen LogP contribution in [0.3, 0.4) is 0 Å². The van der Waals surface area contributed by atoms with Gasteiger partial charge in [0, 0.05) is 38.1 Å². The van der Waals surface area contributed by atoms with Crippen LogP contribution in [0.25, 0.3) is 21.8 Å². The summed E-state index contributed by atoms with van der Waals surface area (Å²) in [4.78, 5) is 0. The van der Waals surface area contributed by atoms with Gasteiger partial charge in [-0.05, 0) is 18.6 Å². The van der Waals surface area contributed by atoms with E-state index in [1.807, 2.05) is 0 Å². The van der Waals surface area contributed by atoms with Gasteiger partial charge in [0.1, 0.15) is 0 Å².